The highest BCUT2D eigenvalue weighted by Gasteiger charge is 2.45. The second-order valence-corrected chi connectivity index (χ2v) is 9.19. The van der Waals surface area contributed by atoms with Crippen LogP contribution in [0.5, 0.6) is 5.75 Å². The molecule has 160 valence electrons. The van der Waals surface area contributed by atoms with Gasteiger partial charge in [0.15, 0.2) is 0 Å². The van der Waals surface area contributed by atoms with E-state index >= 15 is 0 Å². The molecule has 1 aliphatic heterocycles. The van der Waals surface area contributed by atoms with Crippen molar-refractivity contribution >= 4 is 6.09 Å². The number of carbonyl (C=O) groups excluding carboxylic acids is 1. The van der Waals surface area contributed by atoms with E-state index in [1.165, 1.54) is 6.42 Å². The molecular formula is C22H29N5O3. The highest BCUT2D eigenvalue weighted by molar-refractivity contribution is 5.68. The number of piperidine rings is 1. The highest BCUT2D eigenvalue weighted by atomic mass is 16.6. The van der Waals surface area contributed by atoms with Crippen molar-refractivity contribution in [1.82, 2.24) is 25.1 Å². The van der Waals surface area contributed by atoms with Crippen LogP contribution in [0, 0.1) is 17.8 Å². The Hall–Kier alpha value is -2.64. The Morgan fingerprint density at radius 3 is 2.63 bits per heavy atom. The van der Waals surface area contributed by atoms with Crippen LogP contribution in [0.2, 0.25) is 0 Å². The van der Waals surface area contributed by atoms with Crippen LogP contribution in [0.25, 0.3) is 5.69 Å². The molecular weight excluding hydrogens is 382 g/mol. The van der Waals surface area contributed by atoms with E-state index in [1.54, 1.807) is 11.0 Å². The molecule has 30 heavy (non-hydrogen) atoms. The van der Waals surface area contributed by atoms with Gasteiger partial charge >= 0.3 is 6.09 Å². The van der Waals surface area contributed by atoms with Crippen LogP contribution in [0.1, 0.15) is 45.4 Å². The van der Waals surface area contributed by atoms with Gasteiger partial charge < -0.3 is 14.4 Å². The molecule has 5 rings (SSSR count). The topological polar surface area (TPSA) is 82.4 Å². The lowest BCUT2D eigenvalue weighted by Crippen LogP contribution is -2.40. The molecule has 0 spiro atoms. The van der Waals surface area contributed by atoms with Crippen LogP contribution in [-0.4, -0.2) is 56.5 Å². The summed E-state index contributed by atoms with van der Waals surface area (Å²) in [6.07, 6.45) is 8.08. The van der Waals surface area contributed by atoms with Gasteiger partial charge in [-0.2, -0.15) is 0 Å². The standard InChI is InChI=1S/C22H29N5O3/c1-22(9-10-22)30-21(28)26-11-6-16(7-12-26)20-14-17(20)8-13-29-19-4-2-18(3-5-19)27-15-23-24-25-27/h2-5,15-17,20H,6-14H2,1H3. The van der Waals surface area contributed by atoms with Gasteiger partial charge in [0.25, 0.3) is 0 Å². The van der Waals surface area contributed by atoms with Gasteiger partial charge in [-0.25, -0.2) is 9.48 Å². The van der Waals surface area contributed by atoms with E-state index in [4.69, 9.17) is 9.47 Å². The molecule has 1 amide bonds. The first-order chi connectivity index (χ1) is 14.6. The Labute approximate surface area is 176 Å². The average Bonchev–Trinajstić information content (AvgIpc) is 3.63. The smallest absolute Gasteiger partial charge is 0.410 e. The number of likely N-dealkylation sites (tertiary alicyclic amines) is 1. The fraction of sp³-hybridized carbons (Fsp3) is 0.636. The van der Waals surface area contributed by atoms with Gasteiger partial charge in [0, 0.05) is 13.1 Å². The summed E-state index contributed by atoms with van der Waals surface area (Å²) in [6, 6.07) is 7.82. The Balaban J connectivity index is 1.00. The van der Waals surface area contributed by atoms with Crippen molar-refractivity contribution in [2.24, 2.45) is 17.8 Å². The lowest BCUT2D eigenvalue weighted by molar-refractivity contribution is 0.0473. The third-order valence-electron chi connectivity index (χ3n) is 6.88. The number of aromatic nitrogens is 4. The van der Waals surface area contributed by atoms with Gasteiger partial charge in [-0.15, -0.1) is 5.10 Å². The molecule has 0 N–H and O–H groups in total. The first-order valence-electron chi connectivity index (χ1n) is 11.0. The number of tetrazole rings is 1. The van der Waals surface area contributed by atoms with Gasteiger partial charge in [0.2, 0.25) is 0 Å². The lowest BCUT2D eigenvalue weighted by atomic mass is 9.91. The molecule has 2 aliphatic carbocycles. The van der Waals surface area contributed by atoms with E-state index in [1.807, 2.05) is 36.1 Å². The van der Waals surface area contributed by atoms with E-state index < -0.39 is 0 Å². The molecule has 0 radical (unpaired) electrons. The molecule has 8 heteroatoms. The van der Waals surface area contributed by atoms with Gasteiger partial charge in [-0.05, 0) is 97.9 Å². The number of hydrogen-bond acceptors (Lipinski definition) is 6. The SMILES string of the molecule is CC1(OC(=O)N2CCC(C3CC3CCOc3ccc(-n4cnnn4)cc3)CC2)CC1. The number of hydrogen-bond donors (Lipinski definition) is 0. The second kappa shape index (κ2) is 7.89. The summed E-state index contributed by atoms with van der Waals surface area (Å²) >= 11 is 0. The van der Waals surface area contributed by atoms with Crippen LogP contribution >= 0.6 is 0 Å². The highest BCUT2D eigenvalue weighted by Crippen LogP contribution is 2.50. The van der Waals surface area contributed by atoms with E-state index in [9.17, 15) is 4.79 Å². The normalized spacial score (nSPS) is 25.0. The minimum Gasteiger partial charge on any atom is -0.494 e. The van der Waals surface area contributed by atoms with E-state index in [-0.39, 0.29) is 11.7 Å². The predicted octanol–water partition coefficient (Wildman–Crippen LogP) is 3.47. The Morgan fingerprint density at radius 1 is 1.20 bits per heavy atom. The number of carbonyl (C=O) groups is 1. The van der Waals surface area contributed by atoms with Gasteiger partial charge in [-0.1, -0.05) is 0 Å². The number of nitrogens with zero attached hydrogens (tertiary/aromatic N) is 5. The van der Waals surface area contributed by atoms with Crippen molar-refractivity contribution in [2.45, 2.75) is 51.0 Å². The maximum Gasteiger partial charge on any atom is 0.410 e. The molecule has 2 atom stereocenters. The molecule has 0 bridgehead atoms. The summed E-state index contributed by atoms with van der Waals surface area (Å²) in [5.74, 6) is 3.18. The van der Waals surface area contributed by atoms with Crippen molar-refractivity contribution < 1.29 is 14.3 Å². The minimum absolute atomic E-state index is 0.111. The molecule has 2 unspecified atom stereocenters. The van der Waals surface area contributed by atoms with Gasteiger partial charge in [0.05, 0.1) is 12.3 Å². The fourth-order valence-electron chi connectivity index (χ4n) is 4.55. The van der Waals surface area contributed by atoms with E-state index in [0.717, 1.165) is 81.0 Å². The third kappa shape index (κ3) is 4.42. The van der Waals surface area contributed by atoms with Crippen molar-refractivity contribution in [2.75, 3.05) is 19.7 Å². The predicted molar refractivity (Wildman–Crippen MR) is 109 cm³/mol. The van der Waals surface area contributed by atoms with Crippen molar-refractivity contribution in [3.05, 3.63) is 30.6 Å². The molecule has 3 aliphatic rings. The van der Waals surface area contributed by atoms with E-state index in [2.05, 4.69) is 15.5 Å². The molecule has 2 heterocycles. The molecule has 1 saturated heterocycles. The molecule has 2 aromatic rings. The largest absolute Gasteiger partial charge is 0.494 e. The van der Waals surface area contributed by atoms with Crippen molar-refractivity contribution in [3.63, 3.8) is 0 Å². The Morgan fingerprint density at radius 2 is 1.97 bits per heavy atom. The number of benzene rings is 1. The molecule has 3 fully saturated rings. The molecule has 8 nitrogen and oxygen atoms in total. The zero-order valence-electron chi connectivity index (χ0n) is 17.4. The summed E-state index contributed by atoms with van der Waals surface area (Å²) in [5.41, 5.74) is 0.736. The van der Waals surface area contributed by atoms with Crippen LogP contribution in [0.3, 0.4) is 0 Å². The molecule has 1 aromatic heterocycles. The monoisotopic (exact) mass is 411 g/mol. The number of amides is 1. The Bertz CT molecular complexity index is 857. The quantitative estimate of drug-likeness (QED) is 0.694. The molecule has 1 aromatic carbocycles. The first-order valence-corrected chi connectivity index (χ1v) is 11.0. The lowest BCUT2D eigenvalue weighted by Gasteiger charge is -2.32. The Kier molecular flexibility index (Phi) is 5.08. The van der Waals surface area contributed by atoms with Crippen LogP contribution in [-0.2, 0) is 4.74 Å². The maximum absolute atomic E-state index is 12.3. The van der Waals surface area contributed by atoms with Crippen LogP contribution in [0.4, 0.5) is 4.79 Å². The van der Waals surface area contributed by atoms with Crippen molar-refractivity contribution in [3.8, 4) is 11.4 Å². The first kappa shape index (κ1) is 19.3. The van der Waals surface area contributed by atoms with Crippen molar-refractivity contribution in [1.29, 1.82) is 0 Å². The van der Waals surface area contributed by atoms with Gasteiger partial charge in [0.1, 0.15) is 17.7 Å². The van der Waals surface area contributed by atoms with Crippen LogP contribution < -0.4 is 4.74 Å². The van der Waals surface area contributed by atoms with Crippen LogP contribution in [0.15, 0.2) is 30.6 Å². The summed E-state index contributed by atoms with van der Waals surface area (Å²) in [5, 5.41) is 11.2. The summed E-state index contributed by atoms with van der Waals surface area (Å²) in [4.78, 5) is 14.2. The summed E-state index contributed by atoms with van der Waals surface area (Å²) < 4.78 is 13.2. The van der Waals surface area contributed by atoms with E-state index in [0.29, 0.717) is 0 Å². The minimum atomic E-state index is -0.177. The zero-order chi connectivity index (χ0) is 20.6. The molecule has 2 saturated carbocycles. The zero-order valence-corrected chi connectivity index (χ0v) is 17.4. The number of ether oxygens (including phenoxy) is 2. The maximum atomic E-state index is 12.3. The number of rotatable bonds is 7. The third-order valence-corrected chi connectivity index (χ3v) is 6.88. The summed E-state index contributed by atoms with van der Waals surface area (Å²) in [7, 11) is 0. The fourth-order valence-corrected chi connectivity index (χ4v) is 4.55. The van der Waals surface area contributed by atoms with Gasteiger partial charge in [-0.3, -0.25) is 0 Å². The second-order valence-electron chi connectivity index (χ2n) is 9.19. The average molecular weight is 412 g/mol. The summed E-state index contributed by atoms with van der Waals surface area (Å²) in [6.45, 7) is 4.45.